The highest BCUT2D eigenvalue weighted by atomic mass is 19.1. The minimum atomic E-state index is -0.640. The second kappa shape index (κ2) is 7.82. The Morgan fingerprint density at radius 1 is 1.21 bits per heavy atom. The number of carbonyl (C=O) groups is 1. The Morgan fingerprint density at radius 3 is 2.72 bits per heavy atom. The Hall–Kier alpha value is -2.95. The Bertz CT molecular complexity index is 972. The molecule has 150 valence electrons. The maximum absolute atomic E-state index is 13.6. The van der Waals surface area contributed by atoms with Crippen LogP contribution in [0.3, 0.4) is 0 Å². The van der Waals surface area contributed by atoms with Crippen molar-refractivity contribution in [1.29, 1.82) is 0 Å². The summed E-state index contributed by atoms with van der Waals surface area (Å²) in [6.45, 7) is 0. The zero-order valence-electron chi connectivity index (χ0n) is 16.1. The van der Waals surface area contributed by atoms with Gasteiger partial charge in [-0.3, -0.25) is 4.98 Å². The first-order chi connectivity index (χ1) is 14.0. The van der Waals surface area contributed by atoms with Gasteiger partial charge in [0.25, 0.3) is 0 Å². The predicted octanol–water partition coefficient (Wildman–Crippen LogP) is 3.49. The largest absolute Gasteiger partial charge is 0.439 e. The van der Waals surface area contributed by atoms with E-state index in [4.69, 9.17) is 14.2 Å². The molecule has 1 saturated heterocycles. The molecule has 6 nitrogen and oxygen atoms in total. The molecule has 1 aliphatic heterocycles. The minimum absolute atomic E-state index is 0.188. The third kappa shape index (κ3) is 3.95. The lowest BCUT2D eigenvalue weighted by atomic mass is 9.79. The van der Waals surface area contributed by atoms with Crippen LogP contribution in [0.2, 0.25) is 0 Å². The van der Waals surface area contributed by atoms with Gasteiger partial charge in [0.1, 0.15) is 11.9 Å². The van der Waals surface area contributed by atoms with Crippen LogP contribution in [0.1, 0.15) is 41.7 Å². The highest BCUT2D eigenvalue weighted by Crippen LogP contribution is 2.40. The van der Waals surface area contributed by atoms with Gasteiger partial charge < -0.3 is 19.5 Å². The van der Waals surface area contributed by atoms with Crippen LogP contribution >= 0.6 is 0 Å². The lowest BCUT2D eigenvalue weighted by Crippen LogP contribution is -2.46. The van der Waals surface area contributed by atoms with Crippen LogP contribution in [0.4, 0.5) is 9.18 Å². The summed E-state index contributed by atoms with van der Waals surface area (Å²) in [6, 6.07) is 7.42. The van der Waals surface area contributed by atoms with Gasteiger partial charge in [-0.1, -0.05) is 24.0 Å². The Kier molecular flexibility index (Phi) is 5.22. The third-order valence-electron chi connectivity index (χ3n) is 5.39. The van der Waals surface area contributed by atoms with Crippen LogP contribution in [0.25, 0.3) is 0 Å². The molecule has 7 heteroatoms. The molecule has 1 aromatic carbocycles. The van der Waals surface area contributed by atoms with Crippen molar-refractivity contribution in [2.75, 3.05) is 14.2 Å². The normalized spacial score (nSPS) is 22.8. The van der Waals surface area contributed by atoms with Gasteiger partial charge in [-0.2, -0.15) is 0 Å². The van der Waals surface area contributed by atoms with E-state index in [1.807, 2.05) is 6.07 Å². The van der Waals surface area contributed by atoms with E-state index in [1.54, 1.807) is 38.7 Å². The number of benzene rings is 1. The van der Waals surface area contributed by atoms with Crippen LogP contribution in [-0.4, -0.2) is 31.1 Å². The molecule has 2 atom stereocenters. The van der Waals surface area contributed by atoms with Crippen molar-refractivity contribution < 1.29 is 23.4 Å². The van der Waals surface area contributed by atoms with E-state index in [9.17, 15) is 9.18 Å². The summed E-state index contributed by atoms with van der Waals surface area (Å²) in [4.78, 5) is 16.1. The molecule has 0 unspecified atom stereocenters. The molecule has 1 aromatic heterocycles. The topological polar surface area (TPSA) is 69.7 Å². The summed E-state index contributed by atoms with van der Waals surface area (Å²) in [5.74, 6) is 5.63. The number of cyclic esters (lactones) is 1. The summed E-state index contributed by atoms with van der Waals surface area (Å²) in [5.41, 5.74) is 2.05. The van der Waals surface area contributed by atoms with Gasteiger partial charge >= 0.3 is 6.09 Å². The standard InChI is InChI=1S/C22H21FN2O4/c1-27-22(28-2)10-15(11-22)7-6-14-8-17(13-24-12-14)19-20(29-21(26)25-19)16-4-3-5-18(23)9-16/h3-5,8-9,12-13,15,19-20H,10-11H2,1-2H3,(H,25,26)/t19-,20-/m1/s1. The third-order valence-corrected chi connectivity index (χ3v) is 5.39. The average Bonchev–Trinajstić information content (AvgIpc) is 3.10. The SMILES string of the molecule is COC1(OC)CC(C#Cc2cncc([C@H]3NC(=O)O[C@@H]3c3cccc(F)c3)c2)C1. The van der Waals surface area contributed by atoms with E-state index in [0.29, 0.717) is 18.4 Å². The van der Waals surface area contributed by atoms with Gasteiger partial charge in [-0.25, -0.2) is 9.18 Å². The van der Waals surface area contributed by atoms with Crippen molar-refractivity contribution in [1.82, 2.24) is 10.3 Å². The van der Waals surface area contributed by atoms with E-state index in [2.05, 4.69) is 22.1 Å². The van der Waals surface area contributed by atoms with Gasteiger partial charge in [0.2, 0.25) is 0 Å². The second-order valence-electron chi connectivity index (χ2n) is 7.20. The summed E-state index contributed by atoms with van der Waals surface area (Å²) in [5, 5.41) is 2.77. The molecule has 2 aromatic rings. The number of methoxy groups -OCH3 is 2. The summed E-state index contributed by atoms with van der Waals surface area (Å²) in [6.07, 6.45) is 3.57. The van der Waals surface area contributed by atoms with Crippen LogP contribution in [0.15, 0.2) is 42.7 Å². The Balaban J connectivity index is 1.53. The smallest absolute Gasteiger partial charge is 0.408 e. The molecule has 2 fully saturated rings. The molecule has 1 aliphatic carbocycles. The van der Waals surface area contributed by atoms with Crippen LogP contribution < -0.4 is 5.32 Å². The fourth-order valence-corrected chi connectivity index (χ4v) is 3.71. The molecular weight excluding hydrogens is 375 g/mol. The fourth-order valence-electron chi connectivity index (χ4n) is 3.71. The maximum atomic E-state index is 13.6. The molecule has 2 aliphatic rings. The Labute approximate surface area is 168 Å². The molecule has 0 radical (unpaired) electrons. The van der Waals surface area contributed by atoms with Crippen molar-refractivity contribution in [2.24, 2.45) is 5.92 Å². The van der Waals surface area contributed by atoms with E-state index in [1.165, 1.54) is 12.1 Å². The lowest BCUT2D eigenvalue weighted by molar-refractivity contribution is -0.261. The van der Waals surface area contributed by atoms with Crippen molar-refractivity contribution in [2.45, 2.75) is 30.8 Å². The Morgan fingerprint density at radius 2 is 2.00 bits per heavy atom. The number of carbonyl (C=O) groups excluding carboxylic acids is 1. The zero-order chi connectivity index (χ0) is 20.4. The van der Waals surface area contributed by atoms with Crippen molar-refractivity contribution >= 4 is 6.09 Å². The summed E-state index contributed by atoms with van der Waals surface area (Å²) in [7, 11) is 3.26. The number of hydrogen-bond donors (Lipinski definition) is 1. The average molecular weight is 396 g/mol. The van der Waals surface area contributed by atoms with E-state index < -0.39 is 24.0 Å². The van der Waals surface area contributed by atoms with Crippen molar-refractivity contribution in [3.63, 3.8) is 0 Å². The summed E-state index contributed by atoms with van der Waals surface area (Å²) < 4.78 is 29.8. The number of rotatable bonds is 4. The van der Waals surface area contributed by atoms with Crippen molar-refractivity contribution in [3.05, 3.63) is 65.2 Å². The first kappa shape index (κ1) is 19.4. The molecule has 0 bridgehead atoms. The van der Waals surface area contributed by atoms with Crippen LogP contribution in [0.5, 0.6) is 0 Å². The van der Waals surface area contributed by atoms with Gasteiger partial charge in [-0.15, -0.1) is 0 Å². The zero-order valence-corrected chi connectivity index (χ0v) is 16.1. The number of pyridine rings is 1. The highest BCUT2D eigenvalue weighted by Gasteiger charge is 2.44. The van der Waals surface area contributed by atoms with Crippen LogP contribution in [-0.2, 0) is 14.2 Å². The monoisotopic (exact) mass is 396 g/mol. The molecule has 0 spiro atoms. The van der Waals surface area contributed by atoms with Gasteiger partial charge in [0, 0.05) is 50.9 Å². The maximum Gasteiger partial charge on any atom is 0.408 e. The number of aromatic nitrogens is 1. The van der Waals surface area contributed by atoms with Gasteiger partial charge in [0.05, 0.1) is 0 Å². The van der Waals surface area contributed by atoms with E-state index >= 15 is 0 Å². The lowest BCUT2D eigenvalue weighted by Gasteiger charge is -2.42. The molecular formula is C22H21FN2O4. The van der Waals surface area contributed by atoms with Crippen LogP contribution in [0, 0.1) is 23.6 Å². The molecule has 1 saturated carbocycles. The number of hydrogen-bond acceptors (Lipinski definition) is 5. The minimum Gasteiger partial charge on any atom is -0.439 e. The molecule has 1 amide bonds. The van der Waals surface area contributed by atoms with E-state index in [-0.39, 0.29) is 11.7 Å². The molecule has 29 heavy (non-hydrogen) atoms. The highest BCUT2D eigenvalue weighted by molar-refractivity contribution is 5.71. The predicted molar refractivity (Wildman–Crippen MR) is 102 cm³/mol. The van der Waals surface area contributed by atoms with E-state index in [0.717, 1.165) is 11.1 Å². The summed E-state index contributed by atoms with van der Waals surface area (Å²) >= 11 is 0. The number of ether oxygens (including phenoxy) is 3. The van der Waals surface area contributed by atoms with Gasteiger partial charge in [0.15, 0.2) is 11.9 Å². The number of amides is 1. The number of alkyl carbamates (subject to hydrolysis) is 1. The first-order valence-electron chi connectivity index (χ1n) is 9.31. The molecule has 4 rings (SSSR count). The molecule has 2 heterocycles. The first-order valence-corrected chi connectivity index (χ1v) is 9.31. The number of nitrogens with one attached hydrogen (secondary N) is 1. The number of nitrogens with zero attached hydrogens (tertiary/aromatic N) is 1. The van der Waals surface area contributed by atoms with Gasteiger partial charge in [-0.05, 0) is 29.3 Å². The fraction of sp³-hybridized carbons (Fsp3) is 0.364. The number of halogens is 1. The van der Waals surface area contributed by atoms with Crippen molar-refractivity contribution in [3.8, 4) is 11.8 Å². The molecule has 1 N–H and O–H groups in total. The second-order valence-corrected chi connectivity index (χ2v) is 7.20. The quantitative estimate of drug-likeness (QED) is 0.633.